The van der Waals surface area contributed by atoms with Gasteiger partial charge in [0.25, 0.3) is 0 Å². The average molecular weight is 341 g/mol. The van der Waals surface area contributed by atoms with Gasteiger partial charge in [-0.15, -0.1) is 12.4 Å². The number of carboxylic acids is 1. The van der Waals surface area contributed by atoms with Gasteiger partial charge >= 0.3 is 5.97 Å². The summed E-state index contributed by atoms with van der Waals surface area (Å²) < 4.78 is 5.22. The molecule has 20 heavy (non-hydrogen) atoms. The van der Waals surface area contributed by atoms with Gasteiger partial charge in [-0.25, -0.2) is 0 Å². The standard InChI is InChI=1S/C13H15Cl2NO3.ClH/c14-10-2-1-9(7-11(10)15)8-16-13(12(17)18)3-5-19-6-4-13;/h1-2,7,16H,3-6,8H2,(H,17,18);1H. The fourth-order valence-electron chi connectivity index (χ4n) is 2.11. The topological polar surface area (TPSA) is 58.6 Å². The Kier molecular flexibility index (Phi) is 6.55. The zero-order valence-corrected chi connectivity index (χ0v) is 13.0. The molecule has 4 nitrogen and oxygen atoms in total. The lowest BCUT2D eigenvalue weighted by atomic mass is 9.90. The Morgan fingerprint density at radius 1 is 1.30 bits per heavy atom. The summed E-state index contributed by atoms with van der Waals surface area (Å²) in [7, 11) is 0. The minimum atomic E-state index is -0.912. The fraction of sp³-hybridized carbons (Fsp3) is 0.462. The van der Waals surface area contributed by atoms with E-state index in [-0.39, 0.29) is 12.4 Å². The number of rotatable bonds is 4. The molecule has 0 aromatic heterocycles. The van der Waals surface area contributed by atoms with Gasteiger partial charge < -0.3 is 9.84 Å². The van der Waals surface area contributed by atoms with E-state index in [4.69, 9.17) is 27.9 Å². The molecule has 2 rings (SSSR count). The van der Waals surface area contributed by atoms with Crippen LogP contribution in [0.4, 0.5) is 0 Å². The number of ether oxygens (including phenoxy) is 1. The number of carboxylic acid groups (broad SMARTS) is 1. The highest BCUT2D eigenvalue weighted by Gasteiger charge is 2.39. The van der Waals surface area contributed by atoms with Gasteiger partial charge in [0, 0.05) is 19.8 Å². The molecule has 1 aromatic rings. The zero-order chi connectivity index (χ0) is 13.9. The molecule has 1 aliphatic rings. The van der Waals surface area contributed by atoms with Crippen LogP contribution in [0.25, 0.3) is 0 Å². The van der Waals surface area contributed by atoms with Crippen LogP contribution in [-0.4, -0.2) is 29.8 Å². The molecule has 0 atom stereocenters. The number of carbonyl (C=O) groups is 1. The van der Waals surface area contributed by atoms with Gasteiger partial charge in [0.2, 0.25) is 0 Å². The first-order chi connectivity index (χ1) is 9.03. The Morgan fingerprint density at radius 2 is 1.95 bits per heavy atom. The van der Waals surface area contributed by atoms with E-state index in [1.807, 2.05) is 6.07 Å². The predicted molar refractivity (Wildman–Crippen MR) is 81.0 cm³/mol. The zero-order valence-electron chi connectivity index (χ0n) is 10.7. The first-order valence-electron chi connectivity index (χ1n) is 6.04. The molecule has 2 N–H and O–H groups in total. The molecule has 1 fully saturated rings. The number of hydrogen-bond donors (Lipinski definition) is 2. The number of halogens is 3. The quantitative estimate of drug-likeness (QED) is 0.884. The molecule has 0 radical (unpaired) electrons. The van der Waals surface area contributed by atoms with Crippen LogP contribution in [0.1, 0.15) is 18.4 Å². The molecule has 0 spiro atoms. The monoisotopic (exact) mass is 339 g/mol. The molecule has 0 bridgehead atoms. The highest BCUT2D eigenvalue weighted by atomic mass is 35.5. The number of hydrogen-bond acceptors (Lipinski definition) is 3. The second kappa shape index (κ2) is 7.48. The van der Waals surface area contributed by atoms with Gasteiger partial charge in [-0.05, 0) is 30.5 Å². The normalized spacial score (nSPS) is 17.3. The van der Waals surface area contributed by atoms with Crippen molar-refractivity contribution in [1.29, 1.82) is 0 Å². The second-order valence-electron chi connectivity index (χ2n) is 4.60. The van der Waals surface area contributed by atoms with Gasteiger partial charge in [-0.2, -0.15) is 0 Å². The molecule has 0 aliphatic carbocycles. The van der Waals surface area contributed by atoms with Crippen molar-refractivity contribution in [2.24, 2.45) is 0 Å². The number of benzene rings is 1. The molecule has 1 saturated heterocycles. The Balaban J connectivity index is 0.00000200. The molecule has 0 saturated carbocycles. The smallest absolute Gasteiger partial charge is 0.324 e. The molecule has 7 heteroatoms. The molecule has 1 aromatic carbocycles. The van der Waals surface area contributed by atoms with Gasteiger partial charge in [-0.1, -0.05) is 29.3 Å². The average Bonchev–Trinajstić information content (AvgIpc) is 2.41. The van der Waals surface area contributed by atoms with Crippen molar-refractivity contribution in [1.82, 2.24) is 5.32 Å². The van der Waals surface area contributed by atoms with Crippen molar-refractivity contribution in [2.75, 3.05) is 13.2 Å². The van der Waals surface area contributed by atoms with Crippen molar-refractivity contribution >= 4 is 41.6 Å². The van der Waals surface area contributed by atoms with E-state index in [0.717, 1.165) is 5.56 Å². The van der Waals surface area contributed by atoms with Crippen molar-refractivity contribution in [3.05, 3.63) is 33.8 Å². The van der Waals surface area contributed by atoms with Crippen LogP contribution in [0.2, 0.25) is 10.0 Å². The van der Waals surface area contributed by atoms with Crippen LogP contribution in [0, 0.1) is 0 Å². The molecule has 1 aliphatic heterocycles. The summed E-state index contributed by atoms with van der Waals surface area (Å²) in [5, 5.41) is 13.5. The van der Waals surface area contributed by atoms with Crippen LogP contribution in [0.5, 0.6) is 0 Å². The van der Waals surface area contributed by atoms with E-state index in [0.29, 0.717) is 42.6 Å². The molecule has 0 amide bonds. The third-order valence-corrected chi connectivity index (χ3v) is 4.11. The summed E-state index contributed by atoms with van der Waals surface area (Å²) in [6, 6.07) is 5.28. The first-order valence-corrected chi connectivity index (χ1v) is 6.79. The van der Waals surface area contributed by atoms with E-state index >= 15 is 0 Å². The third-order valence-electron chi connectivity index (χ3n) is 3.37. The minimum absolute atomic E-state index is 0. The van der Waals surface area contributed by atoms with E-state index in [1.165, 1.54) is 0 Å². The minimum Gasteiger partial charge on any atom is -0.480 e. The molecule has 0 unspecified atom stereocenters. The van der Waals surface area contributed by atoms with Crippen molar-refractivity contribution in [2.45, 2.75) is 24.9 Å². The maximum Gasteiger partial charge on any atom is 0.324 e. The summed E-state index contributed by atoms with van der Waals surface area (Å²) in [6.45, 7) is 1.35. The van der Waals surface area contributed by atoms with Crippen LogP contribution < -0.4 is 5.32 Å². The Bertz CT molecular complexity index is 476. The number of nitrogens with one attached hydrogen (secondary N) is 1. The van der Waals surface area contributed by atoms with E-state index in [9.17, 15) is 9.90 Å². The highest BCUT2D eigenvalue weighted by Crippen LogP contribution is 2.25. The molecular formula is C13H16Cl3NO3. The maximum absolute atomic E-state index is 11.5. The molecule has 1 heterocycles. The Morgan fingerprint density at radius 3 is 2.50 bits per heavy atom. The van der Waals surface area contributed by atoms with Crippen molar-refractivity contribution < 1.29 is 14.6 Å². The summed E-state index contributed by atoms with van der Waals surface area (Å²) in [5.41, 5.74) is -0.00816. The highest BCUT2D eigenvalue weighted by molar-refractivity contribution is 6.42. The van der Waals surface area contributed by atoms with Gasteiger partial charge in [0.15, 0.2) is 0 Å². The lowest BCUT2D eigenvalue weighted by Gasteiger charge is -2.34. The summed E-state index contributed by atoms with van der Waals surface area (Å²) in [5.74, 6) is -0.837. The van der Waals surface area contributed by atoms with Crippen LogP contribution >= 0.6 is 35.6 Å². The van der Waals surface area contributed by atoms with E-state index < -0.39 is 11.5 Å². The Hall–Kier alpha value is -0.520. The van der Waals surface area contributed by atoms with Gasteiger partial charge in [0.05, 0.1) is 10.0 Å². The van der Waals surface area contributed by atoms with Crippen molar-refractivity contribution in [3.63, 3.8) is 0 Å². The summed E-state index contributed by atoms with van der Waals surface area (Å²) >= 11 is 11.8. The maximum atomic E-state index is 11.5. The van der Waals surface area contributed by atoms with Gasteiger partial charge in [-0.3, -0.25) is 10.1 Å². The van der Waals surface area contributed by atoms with Crippen molar-refractivity contribution in [3.8, 4) is 0 Å². The lowest BCUT2D eigenvalue weighted by molar-refractivity contribution is -0.149. The summed E-state index contributed by atoms with van der Waals surface area (Å²) in [4.78, 5) is 11.5. The van der Waals surface area contributed by atoms with E-state index in [2.05, 4.69) is 5.32 Å². The molecular weight excluding hydrogens is 325 g/mol. The van der Waals surface area contributed by atoms with Gasteiger partial charge in [0.1, 0.15) is 5.54 Å². The SMILES string of the molecule is Cl.O=C(O)C1(NCc2ccc(Cl)c(Cl)c2)CCOCC1. The first kappa shape index (κ1) is 17.5. The lowest BCUT2D eigenvalue weighted by Crippen LogP contribution is -2.55. The molecule has 112 valence electrons. The fourth-order valence-corrected chi connectivity index (χ4v) is 2.43. The predicted octanol–water partition coefficient (Wildman–Crippen LogP) is 3.14. The largest absolute Gasteiger partial charge is 0.480 e. The Labute approximate surface area is 133 Å². The van der Waals surface area contributed by atoms with E-state index in [1.54, 1.807) is 12.1 Å². The second-order valence-corrected chi connectivity index (χ2v) is 5.42. The van der Waals surface area contributed by atoms with Crippen LogP contribution in [0.3, 0.4) is 0 Å². The summed E-state index contributed by atoms with van der Waals surface area (Å²) in [6.07, 6.45) is 0.924. The van der Waals surface area contributed by atoms with Crippen LogP contribution in [0.15, 0.2) is 18.2 Å². The van der Waals surface area contributed by atoms with Crippen LogP contribution in [-0.2, 0) is 16.1 Å². The third kappa shape index (κ3) is 3.99. The number of aliphatic carboxylic acids is 1.